The molecule has 2 saturated heterocycles. The summed E-state index contributed by atoms with van der Waals surface area (Å²) in [5.74, 6) is 0. The molecule has 17 heavy (non-hydrogen) atoms. The molecule has 0 aliphatic carbocycles. The fourth-order valence-electron chi connectivity index (χ4n) is 3.15. The Balaban J connectivity index is 1.60. The van der Waals surface area contributed by atoms with Crippen LogP contribution >= 0.6 is 11.3 Å². The molecule has 0 saturated carbocycles. The van der Waals surface area contributed by atoms with Crippen LogP contribution in [-0.2, 0) is 6.54 Å². The molecule has 2 fully saturated rings. The molecular formula is C14H22N2S. The Morgan fingerprint density at radius 1 is 1.24 bits per heavy atom. The first-order chi connectivity index (χ1) is 8.33. The van der Waals surface area contributed by atoms with Gasteiger partial charge in [-0.25, -0.2) is 0 Å². The molecule has 2 nitrogen and oxygen atoms in total. The van der Waals surface area contributed by atoms with Gasteiger partial charge in [-0.2, -0.15) is 11.3 Å². The van der Waals surface area contributed by atoms with Crippen LogP contribution in [0.3, 0.4) is 0 Å². The van der Waals surface area contributed by atoms with Crippen LogP contribution in [0.4, 0.5) is 0 Å². The highest BCUT2D eigenvalue weighted by Gasteiger charge is 2.28. The molecule has 2 aliphatic rings. The average molecular weight is 250 g/mol. The maximum atomic E-state index is 2.71. The van der Waals surface area contributed by atoms with Crippen molar-refractivity contribution in [3.8, 4) is 0 Å². The second kappa shape index (κ2) is 5.09. The summed E-state index contributed by atoms with van der Waals surface area (Å²) in [5.41, 5.74) is 3.01. The summed E-state index contributed by atoms with van der Waals surface area (Å²) in [6, 6.07) is 0.844. The van der Waals surface area contributed by atoms with Gasteiger partial charge in [0, 0.05) is 32.2 Å². The Kier molecular flexibility index (Phi) is 3.50. The second-order valence-electron chi connectivity index (χ2n) is 5.50. The quantitative estimate of drug-likeness (QED) is 0.796. The van der Waals surface area contributed by atoms with E-state index in [1.165, 1.54) is 57.5 Å². The van der Waals surface area contributed by atoms with Gasteiger partial charge in [0.05, 0.1) is 0 Å². The highest BCUT2D eigenvalue weighted by atomic mass is 32.1. The van der Waals surface area contributed by atoms with Gasteiger partial charge in [0.2, 0.25) is 0 Å². The number of rotatable bonds is 2. The standard InChI is InChI=1S/C14H22N2S/c1-12-10-17-11-13(12)8-15-6-7-16-5-3-2-4-14(16)9-15/h10-11,14H,2-9H2,1H3. The van der Waals surface area contributed by atoms with Crippen molar-refractivity contribution >= 4 is 11.3 Å². The van der Waals surface area contributed by atoms with Crippen LogP contribution in [0.25, 0.3) is 0 Å². The molecule has 1 atom stereocenters. The van der Waals surface area contributed by atoms with Gasteiger partial charge < -0.3 is 0 Å². The van der Waals surface area contributed by atoms with Gasteiger partial charge >= 0.3 is 0 Å². The van der Waals surface area contributed by atoms with Crippen molar-refractivity contribution in [2.75, 3.05) is 26.2 Å². The van der Waals surface area contributed by atoms with E-state index in [9.17, 15) is 0 Å². The number of hydrogen-bond donors (Lipinski definition) is 0. The summed E-state index contributed by atoms with van der Waals surface area (Å²) in [6.45, 7) is 8.58. The fraction of sp³-hybridized carbons (Fsp3) is 0.714. The van der Waals surface area contributed by atoms with Gasteiger partial charge in [0.15, 0.2) is 0 Å². The molecule has 3 heterocycles. The van der Waals surface area contributed by atoms with Crippen molar-refractivity contribution in [3.63, 3.8) is 0 Å². The molecule has 1 aromatic heterocycles. The first kappa shape index (κ1) is 11.7. The van der Waals surface area contributed by atoms with E-state index >= 15 is 0 Å². The molecule has 2 aliphatic heterocycles. The van der Waals surface area contributed by atoms with Crippen molar-refractivity contribution in [1.82, 2.24) is 9.80 Å². The van der Waals surface area contributed by atoms with Crippen LogP contribution in [0.1, 0.15) is 30.4 Å². The van der Waals surface area contributed by atoms with Crippen molar-refractivity contribution in [2.24, 2.45) is 0 Å². The molecule has 3 heteroatoms. The molecule has 0 radical (unpaired) electrons. The van der Waals surface area contributed by atoms with Gasteiger partial charge in [-0.1, -0.05) is 6.42 Å². The van der Waals surface area contributed by atoms with E-state index in [0.717, 1.165) is 6.04 Å². The number of fused-ring (bicyclic) bond motifs is 1. The molecule has 0 bridgehead atoms. The van der Waals surface area contributed by atoms with Crippen molar-refractivity contribution in [3.05, 3.63) is 21.9 Å². The predicted octanol–water partition coefficient (Wildman–Crippen LogP) is 2.73. The summed E-state index contributed by atoms with van der Waals surface area (Å²) in [6.07, 6.45) is 4.27. The highest BCUT2D eigenvalue weighted by Crippen LogP contribution is 2.23. The largest absolute Gasteiger partial charge is 0.298 e. The first-order valence-corrected chi connectivity index (χ1v) is 7.75. The molecule has 3 rings (SSSR count). The highest BCUT2D eigenvalue weighted by molar-refractivity contribution is 7.08. The molecular weight excluding hydrogens is 228 g/mol. The summed E-state index contributed by atoms with van der Waals surface area (Å²) in [7, 11) is 0. The Bertz CT molecular complexity index is 374. The molecule has 1 unspecified atom stereocenters. The third-order valence-corrected chi connectivity index (χ3v) is 5.19. The van der Waals surface area contributed by atoms with E-state index in [-0.39, 0.29) is 0 Å². The summed E-state index contributed by atoms with van der Waals surface area (Å²) < 4.78 is 0. The van der Waals surface area contributed by atoms with Crippen LogP contribution in [0.15, 0.2) is 10.8 Å². The summed E-state index contributed by atoms with van der Waals surface area (Å²) in [5, 5.41) is 4.59. The third-order valence-electron chi connectivity index (χ3n) is 4.28. The van der Waals surface area contributed by atoms with Crippen LogP contribution in [0.5, 0.6) is 0 Å². The number of hydrogen-bond acceptors (Lipinski definition) is 3. The Hall–Kier alpha value is -0.380. The topological polar surface area (TPSA) is 6.48 Å². The number of piperidine rings is 1. The van der Waals surface area contributed by atoms with Crippen molar-refractivity contribution in [1.29, 1.82) is 0 Å². The maximum absolute atomic E-state index is 2.71. The molecule has 0 aromatic carbocycles. The van der Waals surface area contributed by atoms with Crippen molar-refractivity contribution in [2.45, 2.75) is 38.8 Å². The van der Waals surface area contributed by atoms with Gasteiger partial charge in [-0.15, -0.1) is 0 Å². The zero-order chi connectivity index (χ0) is 11.7. The molecule has 0 N–H and O–H groups in total. The summed E-state index contributed by atoms with van der Waals surface area (Å²) in [4.78, 5) is 5.36. The van der Waals surface area contributed by atoms with E-state index in [2.05, 4.69) is 27.5 Å². The number of aryl methyl sites for hydroxylation is 1. The smallest absolute Gasteiger partial charge is 0.0245 e. The molecule has 94 valence electrons. The Labute approximate surface area is 108 Å². The minimum atomic E-state index is 0.844. The Morgan fingerprint density at radius 2 is 2.18 bits per heavy atom. The van der Waals surface area contributed by atoms with E-state index in [1.807, 2.05) is 11.3 Å². The Morgan fingerprint density at radius 3 is 3.00 bits per heavy atom. The minimum absolute atomic E-state index is 0.844. The zero-order valence-corrected chi connectivity index (χ0v) is 11.5. The lowest BCUT2D eigenvalue weighted by Gasteiger charge is -2.44. The van der Waals surface area contributed by atoms with Crippen LogP contribution < -0.4 is 0 Å². The monoisotopic (exact) mass is 250 g/mol. The predicted molar refractivity (Wildman–Crippen MR) is 73.5 cm³/mol. The first-order valence-electron chi connectivity index (χ1n) is 6.81. The van der Waals surface area contributed by atoms with E-state index < -0.39 is 0 Å². The fourth-order valence-corrected chi connectivity index (χ4v) is 4.00. The normalized spacial score (nSPS) is 27.0. The van der Waals surface area contributed by atoms with E-state index in [0.29, 0.717) is 0 Å². The molecule has 1 aromatic rings. The van der Waals surface area contributed by atoms with Crippen molar-refractivity contribution < 1.29 is 0 Å². The minimum Gasteiger partial charge on any atom is -0.298 e. The lowest BCUT2D eigenvalue weighted by molar-refractivity contribution is 0.0456. The van der Waals surface area contributed by atoms with E-state index in [4.69, 9.17) is 0 Å². The van der Waals surface area contributed by atoms with Crippen LogP contribution in [0, 0.1) is 6.92 Å². The lowest BCUT2D eigenvalue weighted by Crippen LogP contribution is -2.54. The van der Waals surface area contributed by atoms with Gasteiger partial charge in [0.25, 0.3) is 0 Å². The summed E-state index contributed by atoms with van der Waals surface area (Å²) >= 11 is 1.84. The average Bonchev–Trinajstić information content (AvgIpc) is 2.75. The second-order valence-corrected chi connectivity index (χ2v) is 6.24. The van der Waals surface area contributed by atoms with Crippen LogP contribution in [0.2, 0.25) is 0 Å². The van der Waals surface area contributed by atoms with Gasteiger partial charge in [-0.05, 0) is 48.2 Å². The lowest BCUT2D eigenvalue weighted by atomic mass is 9.99. The molecule has 0 spiro atoms. The van der Waals surface area contributed by atoms with E-state index in [1.54, 1.807) is 5.56 Å². The zero-order valence-electron chi connectivity index (χ0n) is 10.7. The van der Waals surface area contributed by atoms with Gasteiger partial charge in [0.1, 0.15) is 0 Å². The van der Waals surface area contributed by atoms with Gasteiger partial charge in [-0.3, -0.25) is 9.80 Å². The van der Waals surface area contributed by atoms with Crippen LogP contribution in [-0.4, -0.2) is 42.0 Å². The SMILES string of the molecule is Cc1cscc1CN1CCN2CCCCC2C1. The number of thiophene rings is 1. The maximum Gasteiger partial charge on any atom is 0.0245 e. The third kappa shape index (κ3) is 2.56. The number of nitrogens with zero attached hydrogens (tertiary/aromatic N) is 2. The molecule has 0 amide bonds. The number of piperazine rings is 1.